The summed E-state index contributed by atoms with van der Waals surface area (Å²) in [5.74, 6) is 3.43. The quantitative estimate of drug-likeness (QED) is 0.161. The van der Waals surface area contributed by atoms with E-state index in [1.807, 2.05) is 0 Å². The average molecular weight is 713 g/mol. The Morgan fingerprint density at radius 3 is 1.44 bits per heavy atom. The maximum absolute atomic E-state index is 5.63. The Hall–Kier alpha value is -2.22. The lowest BCUT2D eigenvalue weighted by Gasteiger charge is -2.51. The zero-order chi connectivity index (χ0) is 38.8. The van der Waals surface area contributed by atoms with E-state index in [0.29, 0.717) is 5.41 Å². The Balaban J connectivity index is 1.49. The van der Waals surface area contributed by atoms with Crippen molar-refractivity contribution in [1.29, 1.82) is 0 Å². The number of hydrogen-bond acceptors (Lipinski definition) is 2. The van der Waals surface area contributed by atoms with Gasteiger partial charge in [0, 0.05) is 0 Å². The fraction of sp³-hybridized carbons (Fsp3) is 0.720. The average Bonchev–Trinajstić information content (AvgIpc) is 3.03. The van der Waals surface area contributed by atoms with E-state index in [9.17, 15) is 0 Å². The number of rotatable bonds is 16. The smallest absolute Gasteiger partial charge is 0.118 e. The van der Waals surface area contributed by atoms with Crippen molar-refractivity contribution in [3.8, 4) is 11.5 Å². The van der Waals surface area contributed by atoms with Gasteiger partial charge in [-0.05, 0) is 169 Å². The van der Waals surface area contributed by atoms with E-state index in [1.165, 1.54) is 93.7 Å². The summed E-state index contributed by atoms with van der Waals surface area (Å²) in [7, 11) is 3.53. The molecule has 2 heteroatoms. The van der Waals surface area contributed by atoms with Crippen LogP contribution in [0.5, 0.6) is 11.5 Å². The number of allylic oxidation sites excluding steroid dienone is 1. The van der Waals surface area contributed by atoms with Crippen LogP contribution in [0.3, 0.4) is 0 Å². The summed E-state index contributed by atoms with van der Waals surface area (Å²) in [5.41, 5.74) is 6.07. The Labute approximate surface area is 322 Å². The summed E-state index contributed by atoms with van der Waals surface area (Å²) < 4.78 is 11.1. The van der Waals surface area contributed by atoms with Crippen LogP contribution in [-0.2, 0) is 10.8 Å². The molecule has 0 bridgehead atoms. The topological polar surface area (TPSA) is 18.5 Å². The monoisotopic (exact) mass is 713 g/mol. The molecule has 0 N–H and O–H groups in total. The third kappa shape index (κ3) is 10.9. The van der Waals surface area contributed by atoms with Crippen LogP contribution in [-0.4, -0.2) is 14.2 Å². The first kappa shape index (κ1) is 42.5. The van der Waals surface area contributed by atoms with Gasteiger partial charge in [0.1, 0.15) is 11.5 Å². The number of ether oxygens (including phenoxy) is 2. The van der Waals surface area contributed by atoms with Crippen LogP contribution in [0, 0.1) is 38.9 Å². The maximum atomic E-state index is 5.63. The van der Waals surface area contributed by atoms with Crippen LogP contribution in [0.25, 0.3) is 0 Å². The van der Waals surface area contributed by atoms with E-state index in [-0.39, 0.29) is 32.5 Å². The van der Waals surface area contributed by atoms with E-state index in [2.05, 4.69) is 138 Å². The van der Waals surface area contributed by atoms with Crippen molar-refractivity contribution in [1.82, 2.24) is 0 Å². The second kappa shape index (κ2) is 15.9. The van der Waals surface area contributed by atoms with Crippen LogP contribution < -0.4 is 9.47 Å². The van der Waals surface area contributed by atoms with Crippen molar-refractivity contribution < 1.29 is 9.47 Å². The molecule has 2 saturated carbocycles. The number of benzene rings is 2. The van der Waals surface area contributed by atoms with Crippen LogP contribution in [0.15, 0.2) is 60.7 Å². The maximum Gasteiger partial charge on any atom is 0.118 e. The summed E-state index contributed by atoms with van der Waals surface area (Å²) in [6.45, 7) is 34.7. The molecular weight excluding hydrogens is 633 g/mol. The molecule has 52 heavy (non-hydrogen) atoms. The van der Waals surface area contributed by atoms with E-state index in [0.717, 1.165) is 29.8 Å². The molecule has 2 nitrogen and oxygen atoms in total. The van der Waals surface area contributed by atoms with Gasteiger partial charge in [0.2, 0.25) is 0 Å². The molecule has 0 spiro atoms. The number of hydrogen-bond donors (Lipinski definition) is 0. The van der Waals surface area contributed by atoms with Crippen molar-refractivity contribution in [2.45, 2.75) is 177 Å². The standard InChI is InChI=1S/C50H80O2/c1-37-16-18-38(19-17-37)47(8,9)33-44(2,3)32-45(4,5)36-50(41-22-26-43(52-15)27-23-41)30-28-40(29-31-50)49(12,13)35-46(6,7)34-48(10,11)39-20-24-42(51-14)25-21-39/h20-27,38,40H,1,16-19,28-36H2,2-15H3. The predicted octanol–water partition coefficient (Wildman–Crippen LogP) is 14.9. The van der Waals surface area contributed by atoms with Crippen LogP contribution >= 0.6 is 0 Å². The molecule has 0 heterocycles. The predicted molar refractivity (Wildman–Crippen MR) is 226 cm³/mol. The van der Waals surface area contributed by atoms with Gasteiger partial charge in [-0.3, -0.25) is 0 Å². The molecule has 0 radical (unpaired) electrons. The van der Waals surface area contributed by atoms with Gasteiger partial charge in [-0.15, -0.1) is 0 Å². The Morgan fingerprint density at radius 1 is 0.558 bits per heavy atom. The minimum Gasteiger partial charge on any atom is -0.497 e. The largest absolute Gasteiger partial charge is 0.497 e. The Morgan fingerprint density at radius 2 is 0.981 bits per heavy atom. The molecule has 0 saturated heterocycles. The van der Waals surface area contributed by atoms with Crippen molar-refractivity contribution >= 4 is 0 Å². The van der Waals surface area contributed by atoms with E-state index >= 15 is 0 Å². The molecular formula is C50H80O2. The van der Waals surface area contributed by atoms with Gasteiger partial charge in [-0.2, -0.15) is 0 Å². The highest BCUT2D eigenvalue weighted by molar-refractivity contribution is 5.34. The molecule has 292 valence electrons. The highest BCUT2D eigenvalue weighted by atomic mass is 16.5. The zero-order valence-corrected chi connectivity index (χ0v) is 36.5. The first-order valence-electron chi connectivity index (χ1n) is 20.9. The highest BCUT2D eigenvalue weighted by Gasteiger charge is 2.47. The summed E-state index contributed by atoms with van der Waals surface area (Å²) in [5, 5.41) is 0. The number of methoxy groups -OCH3 is 2. The second-order valence-corrected chi connectivity index (χ2v) is 22.3. The Kier molecular flexibility index (Phi) is 13.0. The molecule has 2 aromatic rings. The third-order valence-electron chi connectivity index (χ3n) is 14.0. The third-order valence-corrected chi connectivity index (χ3v) is 14.0. The molecule has 0 atom stereocenters. The van der Waals surface area contributed by atoms with Gasteiger partial charge in [0.25, 0.3) is 0 Å². The molecule has 2 aliphatic carbocycles. The van der Waals surface area contributed by atoms with Crippen LogP contribution in [0.4, 0.5) is 0 Å². The van der Waals surface area contributed by atoms with Gasteiger partial charge < -0.3 is 9.47 Å². The molecule has 0 aromatic heterocycles. The van der Waals surface area contributed by atoms with Crippen molar-refractivity contribution in [2.24, 2.45) is 38.9 Å². The second-order valence-electron chi connectivity index (χ2n) is 22.3. The van der Waals surface area contributed by atoms with E-state index in [4.69, 9.17) is 9.47 Å². The van der Waals surface area contributed by atoms with Gasteiger partial charge >= 0.3 is 0 Å². The summed E-state index contributed by atoms with van der Waals surface area (Å²) in [6, 6.07) is 18.0. The summed E-state index contributed by atoms with van der Waals surface area (Å²) in [4.78, 5) is 0. The van der Waals surface area contributed by atoms with Gasteiger partial charge in [-0.25, -0.2) is 0 Å². The molecule has 2 aliphatic rings. The fourth-order valence-corrected chi connectivity index (χ4v) is 12.8. The van der Waals surface area contributed by atoms with Crippen LogP contribution in [0.2, 0.25) is 0 Å². The van der Waals surface area contributed by atoms with E-state index < -0.39 is 0 Å². The molecule has 2 aromatic carbocycles. The lowest BCUT2D eigenvalue weighted by molar-refractivity contribution is 0.0334. The fourth-order valence-electron chi connectivity index (χ4n) is 12.8. The first-order chi connectivity index (χ1) is 23.9. The molecule has 0 aliphatic heterocycles. The SMILES string of the molecule is C=C1CCC(C(C)(C)CC(C)(C)CC(C)(C)CC2(c3ccc(OC)cc3)CCC(C(C)(C)CC(C)(C)CC(C)(C)c3ccc(OC)cc3)CC2)CC1. The zero-order valence-electron chi connectivity index (χ0n) is 36.5. The lowest BCUT2D eigenvalue weighted by Crippen LogP contribution is -2.42. The first-order valence-corrected chi connectivity index (χ1v) is 20.9. The van der Waals surface area contributed by atoms with Crippen molar-refractivity contribution in [3.05, 3.63) is 71.8 Å². The normalized spacial score (nSPS) is 21.7. The Bertz CT molecular complexity index is 1430. The lowest BCUT2D eigenvalue weighted by atomic mass is 9.54. The summed E-state index contributed by atoms with van der Waals surface area (Å²) >= 11 is 0. The molecule has 0 unspecified atom stereocenters. The van der Waals surface area contributed by atoms with E-state index in [1.54, 1.807) is 14.2 Å². The minimum absolute atomic E-state index is 0.0992. The summed E-state index contributed by atoms with van der Waals surface area (Å²) in [6.07, 6.45) is 16.4. The molecule has 0 amide bonds. The van der Waals surface area contributed by atoms with Gasteiger partial charge in [0.15, 0.2) is 0 Å². The minimum atomic E-state index is 0.0992. The van der Waals surface area contributed by atoms with Crippen molar-refractivity contribution in [3.63, 3.8) is 0 Å². The molecule has 2 fully saturated rings. The van der Waals surface area contributed by atoms with Crippen molar-refractivity contribution in [2.75, 3.05) is 14.2 Å². The van der Waals surface area contributed by atoms with Gasteiger partial charge in [-0.1, -0.05) is 120 Å². The highest BCUT2D eigenvalue weighted by Crippen LogP contribution is 2.57. The molecule has 4 rings (SSSR count). The van der Waals surface area contributed by atoms with Crippen LogP contribution in [0.1, 0.15) is 178 Å². The van der Waals surface area contributed by atoms with Gasteiger partial charge in [0.05, 0.1) is 14.2 Å².